The number of primary sulfonamides is 1. The molecule has 0 aromatic heterocycles. The van der Waals surface area contributed by atoms with Gasteiger partial charge in [0.2, 0.25) is 10.0 Å². The van der Waals surface area contributed by atoms with Crippen LogP contribution in [0.15, 0.2) is 17.0 Å². The number of hydrogen-bond donors (Lipinski definition) is 2. The van der Waals surface area contributed by atoms with E-state index in [1.807, 2.05) is 0 Å². The van der Waals surface area contributed by atoms with Gasteiger partial charge in [0.1, 0.15) is 10.7 Å². The van der Waals surface area contributed by atoms with E-state index >= 15 is 0 Å². The van der Waals surface area contributed by atoms with Gasteiger partial charge in [0.25, 0.3) is 0 Å². The molecule has 0 unspecified atom stereocenters. The van der Waals surface area contributed by atoms with Crippen LogP contribution in [-0.4, -0.2) is 8.42 Å². The van der Waals surface area contributed by atoms with Crippen molar-refractivity contribution in [2.24, 2.45) is 5.14 Å². The summed E-state index contributed by atoms with van der Waals surface area (Å²) in [4.78, 5) is -0.379. The Morgan fingerprint density at radius 2 is 1.92 bits per heavy atom. The first-order valence-corrected chi connectivity index (χ1v) is 4.95. The molecular formula is C7H9FN2O2S. The number of anilines is 1. The van der Waals surface area contributed by atoms with E-state index < -0.39 is 15.8 Å². The number of nitrogen functional groups attached to an aromatic ring is 1. The van der Waals surface area contributed by atoms with Gasteiger partial charge in [0, 0.05) is 0 Å². The number of benzene rings is 1. The average Bonchev–Trinajstić information content (AvgIpc) is 1.94. The molecule has 1 aromatic rings. The van der Waals surface area contributed by atoms with Crippen LogP contribution in [-0.2, 0) is 10.0 Å². The van der Waals surface area contributed by atoms with Crippen molar-refractivity contribution < 1.29 is 12.8 Å². The Kier molecular flexibility index (Phi) is 2.27. The van der Waals surface area contributed by atoms with Crippen molar-refractivity contribution >= 4 is 15.7 Å². The second-order valence-electron chi connectivity index (χ2n) is 2.68. The van der Waals surface area contributed by atoms with Gasteiger partial charge in [-0.2, -0.15) is 0 Å². The molecule has 0 heterocycles. The van der Waals surface area contributed by atoms with Crippen LogP contribution in [0.3, 0.4) is 0 Å². The molecule has 0 fully saturated rings. The molecule has 0 amide bonds. The zero-order valence-electron chi connectivity index (χ0n) is 6.91. The van der Waals surface area contributed by atoms with Crippen molar-refractivity contribution in [3.8, 4) is 0 Å². The summed E-state index contributed by atoms with van der Waals surface area (Å²) in [6, 6.07) is 2.05. The van der Waals surface area contributed by atoms with E-state index in [0.717, 1.165) is 6.07 Å². The van der Waals surface area contributed by atoms with E-state index in [-0.39, 0.29) is 16.1 Å². The molecule has 0 saturated carbocycles. The van der Waals surface area contributed by atoms with Crippen LogP contribution in [0.25, 0.3) is 0 Å². The Hall–Kier alpha value is -1.14. The highest BCUT2D eigenvalue weighted by atomic mass is 32.2. The van der Waals surface area contributed by atoms with Crippen LogP contribution in [0.5, 0.6) is 0 Å². The lowest BCUT2D eigenvalue weighted by Crippen LogP contribution is -2.14. The van der Waals surface area contributed by atoms with Crippen LogP contribution in [0.1, 0.15) is 5.56 Å². The number of rotatable bonds is 1. The Morgan fingerprint density at radius 1 is 1.38 bits per heavy atom. The van der Waals surface area contributed by atoms with E-state index in [0.29, 0.717) is 0 Å². The number of hydrogen-bond acceptors (Lipinski definition) is 3. The number of aryl methyl sites for hydroxylation is 1. The lowest BCUT2D eigenvalue weighted by Gasteiger charge is -2.04. The predicted molar refractivity (Wildman–Crippen MR) is 46.9 cm³/mol. The molecule has 0 bridgehead atoms. The quantitative estimate of drug-likeness (QED) is 0.648. The van der Waals surface area contributed by atoms with Gasteiger partial charge in [-0.05, 0) is 24.6 Å². The molecule has 72 valence electrons. The minimum absolute atomic E-state index is 0.0404. The summed E-state index contributed by atoms with van der Waals surface area (Å²) >= 11 is 0. The molecule has 0 spiro atoms. The molecule has 0 atom stereocenters. The maximum absolute atomic E-state index is 12.9. The van der Waals surface area contributed by atoms with Gasteiger partial charge >= 0.3 is 0 Å². The van der Waals surface area contributed by atoms with Crippen molar-refractivity contribution in [2.45, 2.75) is 11.8 Å². The zero-order valence-corrected chi connectivity index (χ0v) is 7.73. The fraction of sp³-hybridized carbons (Fsp3) is 0.143. The van der Waals surface area contributed by atoms with Crippen molar-refractivity contribution in [3.63, 3.8) is 0 Å². The maximum Gasteiger partial charge on any atom is 0.240 e. The summed E-state index contributed by atoms with van der Waals surface area (Å²) in [6.07, 6.45) is 0. The average molecular weight is 204 g/mol. The van der Waals surface area contributed by atoms with Crippen molar-refractivity contribution in [1.82, 2.24) is 0 Å². The number of nitrogens with two attached hydrogens (primary N) is 2. The molecule has 0 saturated heterocycles. The van der Waals surface area contributed by atoms with Crippen molar-refractivity contribution in [1.29, 1.82) is 0 Å². The third-order valence-corrected chi connectivity index (χ3v) is 2.56. The topological polar surface area (TPSA) is 86.2 Å². The lowest BCUT2D eigenvalue weighted by molar-refractivity contribution is 0.591. The van der Waals surface area contributed by atoms with E-state index in [4.69, 9.17) is 10.9 Å². The largest absolute Gasteiger partial charge is 0.398 e. The number of sulfonamides is 1. The molecule has 13 heavy (non-hydrogen) atoms. The minimum Gasteiger partial charge on any atom is -0.398 e. The summed E-state index contributed by atoms with van der Waals surface area (Å²) in [5, 5.41) is 4.80. The van der Waals surface area contributed by atoms with Gasteiger partial charge in [-0.1, -0.05) is 0 Å². The molecule has 6 heteroatoms. The molecule has 0 aliphatic rings. The summed E-state index contributed by atoms with van der Waals surface area (Å²) < 4.78 is 34.6. The number of halogens is 1. The van der Waals surface area contributed by atoms with Crippen molar-refractivity contribution in [3.05, 3.63) is 23.5 Å². The normalized spacial score (nSPS) is 11.6. The van der Waals surface area contributed by atoms with Gasteiger partial charge in [-0.15, -0.1) is 0 Å². The van der Waals surface area contributed by atoms with Gasteiger partial charge in [0.05, 0.1) is 5.69 Å². The van der Waals surface area contributed by atoms with Gasteiger partial charge < -0.3 is 5.73 Å². The zero-order chi connectivity index (χ0) is 10.2. The van der Waals surface area contributed by atoms with E-state index in [1.165, 1.54) is 13.0 Å². The second kappa shape index (κ2) is 2.97. The lowest BCUT2D eigenvalue weighted by atomic mass is 10.2. The SMILES string of the molecule is Cc1cc(N)c(S(N)(=O)=O)cc1F. The van der Waals surface area contributed by atoms with E-state index in [9.17, 15) is 12.8 Å². The van der Waals surface area contributed by atoms with E-state index in [1.54, 1.807) is 0 Å². The molecule has 4 nitrogen and oxygen atoms in total. The van der Waals surface area contributed by atoms with Crippen LogP contribution in [0.2, 0.25) is 0 Å². The van der Waals surface area contributed by atoms with Crippen LogP contribution in [0.4, 0.5) is 10.1 Å². The van der Waals surface area contributed by atoms with Crippen LogP contribution < -0.4 is 10.9 Å². The molecule has 0 aliphatic carbocycles. The third kappa shape index (κ3) is 1.96. The summed E-state index contributed by atoms with van der Waals surface area (Å²) in [5.41, 5.74) is 5.59. The maximum atomic E-state index is 12.9. The fourth-order valence-electron chi connectivity index (χ4n) is 0.932. The Morgan fingerprint density at radius 3 is 2.38 bits per heavy atom. The first-order valence-electron chi connectivity index (χ1n) is 3.41. The second-order valence-corrected chi connectivity index (χ2v) is 4.21. The van der Waals surface area contributed by atoms with Gasteiger partial charge in [0.15, 0.2) is 0 Å². The Labute approximate surface area is 75.4 Å². The summed E-state index contributed by atoms with van der Waals surface area (Å²) in [6.45, 7) is 1.48. The third-order valence-electron chi connectivity index (χ3n) is 1.60. The van der Waals surface area contributed by atoms with Crippen molar-refractivity contribution in [2.75, 3.05) is 5.73 Å². The highest BCUT2D eigenvalue weighted by molar-refractivity contribution is 7.89. The highest BCUT2D eigenvalue weighted by Crippen LogP contribution is 2.20. The molecule has 0 radical (unpaired) electrons. The van der Waals surface area contributed by atoms with Crippen LogP contribution in [0, 0.1) is 12.7 Å². The summed E-state index contributed by atoms with van der Waals surface area (Å²) in [5.74, 6) is -0.641. The summed E-state index contributed by atoms with van der Waals surface area (Å²) in [7, 11) is -3.94. The molecule has 4 N–H and O–H groups in total. The molecule has 0 aliphatic heterocycles. The smallest absolute Gasteiger partial charge is 0.240 e. The standard InChI is InChI=1S/C7H9FN2O2S/c1-4-2-6(9)7(3-5(4)8)13(10,11)12/h2-3H,9H2,1H3,(H2,10,11,12). The Balaban J connectivity index is 3.50. The van der Waals surface area contributed by atoms with Gasteiger partial charge in [-0.25, -0.2) is 17.9 Å². The van der Waals surface area contributed by atoms with Crippen LogP contribution >= 0.6 is 0 Å². The molecule has 1 rings (SSSR count). The first kappa shape index (κ1) is 9.94. The monoisotopic (exact) mass is 204 g/mol. The first-order chi connectivity index (χ1) is 5.82. The Bertz CT molecular complexity index is 442. The molecule has 1 aromatic carbocycles. The predicted octanol–water partition coefficient (Wildman–Crippen LogP) is 0.364. The fourth-order valence-corrected chi connectivity index (χ4v) is 1.59. The minimum atomic E-state index is -3.94. The van der Waals surface area contributed by atoms with Gasteiger partial charge in [-0.3, -0.25) is 0 Å². The highest BCUT2D eigenvalue weighted by Gasteiger charge is 2.14. The van der Waals surface area contributed by atoms with E-state index in [2.05, 4.69) is 0 Å². The molecular weight excluding hydrogens is 195 g/mol.